The molecule has 3 heteroatoms. The van der Waals surface area contributed by atoms with E-state index < -0.39 is 0 Å². The van der Waals surface area contributed by atoms with Gasteiger partial charge in [-0.15, -0.1) is 4.91 Å². The molecule has 0 saturated carbocycles. The Bertz CT molecular complexity index is 45.7. The molecule has 0 aromatic carbocycles. The Balaban J connectivity index is 0. The van der Waals surface area contributed by atoms with E-state index in [4.69, 9.17) is 10.1 Å². The summed E-state index contributed by atoms with van der Waals surface area (Å²) in [6.45, 7) is 6.64. The van der Waals surface area contributed by atoms with Gasteiger partial charge in [-0.25, -0.2) is 0 Å². The van der Waals surface area contributed by atoms with Gasteiger partial charge in [0.25, 0.3) is 0 Å². The van der Waals surface area contributed by atoms with Crippen molar-refractivity contribution in [2.75, 3.05) is 0 Å². The van der Waals surface area contributed by atoms with Gasteiger partial charge in [0.15, 0.2) is 5.34 Å². The zero-order valence-electron chi connectivity index (χ0n) is 5.59. The minimum Gasteiger partial charge on any atom is -0.379 e. The van der Waals surface area contributed by atoms with Crippen molar-refractivity contribution in [3.63, 3.8) is 0 Å². The van der Waals surface area contributed by atoms with Crippen LogP contribution in [-0.2, 0) is 0 Å². The summed E-state index contributed by atoms with van der Waals surface area (Å²) in [6.07, 6.45) is 1.31. The van der Waals surface area contributed by atoms with Crippen LogP contribution >= 0.6 is 0 Å². The minimum atomic E-state index is 0.884. The van der Waals surface area contributed by atoms with Crippen LogP contribution < -0.4 is 0 Å². The van der Waals surface area contributed by atoms with Crippen LogP contribution in [0.4, 0.5) is 0 Å². The van der Waals surface area contributed by atoms with Crippen LogP contribution in [0, 0.1) is 10.8 Å². The van der Waals surface area contributed by atoms with Crippen molar-refractivity contribution in [3.8, 4) is 0 Å². The second-order valence-electron chi connectivity index (χ2n) is 1.88. The average molecular weight is 119 g/mol. The number of nitrogens with zero attached hydrogens (tertiary/aromatic N) is 1. The molecule has 0 aliphatic heterocycles. The molecule has 0 atom stereocenters. The fraction of sp³-hybridized carbons (Fsp3) is 1.00. The first kappa shape index (κ1) is 10.4. The molecule has 50 valence electrons. The molecule has 0 heterocycles. The van der Waals surface area contributed by atoms with Gasteiger partial charge in [0.2, 0.25) is 0 Å². The molecule has 0 amide bonds. The van der Waals surface area contributed by atoms with Gasteiger partial charge in [-0.1, -0.05) is 27.2 Å². The molecule has 0 bridgehead atoms. The fourth-order valence-electron chi connectivity index (χ4n) is 0. The van der Waals surface area contributed by atoms with Gasteiger partial charge in [-0.2, -0.15) is 0 Å². The summed E-state index contributed by atoms with van der Waals surface area (Å²) in [7, 11) is 0. The maximum atomic E-state index is 8.11. The minimum absolute atomic E-state index is 0.884. The van der Waals surface area contributed by atoms with E-state index in [-0.39, 0.29) is 0 Å². The molecule has 0 aromatic heterocycles. The number of rotatable bonds is 1. The first-order chi connectivity index (χ1) is 3.68. The average Bonchev–Trinajstić information content (AvgIpc) is 1.69. The van der Waals surface area contributed by atoms with Gasteiger partial charge in [-0.05, 0) is 5.92 Å². The number of hydrogen-bond donors (Lipinski definition) is 1. The van der Waals surface area contributed by atoms with Gasteiger partial charge < -0.3 is 5.21 Å². The van der Waals surface area contributed by atoms with Crippen molar-refractivity contribution in [2.24, 2.45) is 11.3 Å². The van der Waals surface area contributed by atoms with E-state index in [1.165, 1.54) is 11.8 Å². The summed E-state index contributed by atoms with van der Waals surface area (Å²) in [4.78, 5) is 8.11. The molecular formula is C5H13NO2. The third kappa shape index (κ3) is 53.3. The van der Waals surface area contributed by atoms with Crippen molar-refractivity contribution in [1.82, 2.24) is 0 Å². The SMILES string of the molecule is CCC(C)C.O=NO. The van der Waals surface area contributed by atoms with Crippen molar-refractivity contribution >= 4 is 0 Å². The molecule has 3 nitrogen and oxygen atoms in total. The van der Waals surface area contributed by atoms with E-state index in [0.29, 0.717) is 0 Å². The second kappa shape index (κ2) is 9.64. The molecule has 0 fully saturated rings. The summed E-state index contributed by atoms with van der Waals surface area (Å²) in [5, 5.41) is 7.89. The molecule has 0 spiro atoms. The summed E-state index contributed by atoms with van der Waals surface area (Å²) < 4.78 is 0. The zero-order chi connectivity index (χ0) is 6.99. The molecule has 0 unspecified atom stereocenters. The first-order valence-corrected chi connectivity index (χ1v) is 2.65. The maximum Gasteiger partial charge on any atom is 0.152 e. The first-order valence-electron chi connectivity index (χ1n) is 2.65. The molecule has 0 rings (SSSR count). The van der Waals surface area contributed by atoms with Gasteiger partial charge in [-0.3, -0.25) is 0 Å². The van der Waals surface area contributed by atoms with Crippen molar-refractivity contribution in [2.45, 2.75) is 27.2 Å². The fourth-order valence-corrected chi connectivity index (χ4v) is 0. The van der Waals surface area contributed by atoms with Gasteiger partial charge in [0.1, 0.15) is 0 Å². The van der Waals surface area contributed by atoms with Crippen LogP contribution in [0.1, 0.15) is 27.2 Å². The van der Waals surface area contributed by atoms with Crippen LogP contribution in [0.15, 0.2) is 5.34 Å². The van der Waals surface area contributed by atoms with Crippen LogP contribution in [0.5, 0.6) is 0 Å². The highest BCUT2D eigenvalue weighted by atomic mass is 16.6. The van der Waals surface area contributed by atoms with Crippen LogP contribution in [-0.4, -0.2) is 5.21 Å². The highest BCUT2D eigenvalue weighted by Gasteiger charge is 1.80. The Labute approximate surface area is 49.6 Å². The predicted molar refractivity (Wildman–Crippen MR) is 32.7 cm³/mol. The Kier molecular flexibility index (Phi) is 12.5. The largest absolute Gasteiger partial charge is 0.379 e. The van der Waals surface area contributed by atoms with E-state index in [9.17, 15) is 0 Å². The molecule has 0 aliphatic carbocycles. The highest BCUT2D eigenvalue weighted by molar-refractivity contribution is 4.32. The van der Waals surface area contributed by atoms with Crippen molar-refractivity contribution in [1.29, 1.82) is 0 Å². The third-order valence-electron chi connectivity index (χ3n) is 0.816. The van der Waals surface area contributed by atoms with E-state index in [1.54, 1.807) is 0 Å². The van der Waals surface area contributed by atoms with Crippen LogP contribution in [0.25, 0.3) is 0 Å². The quantitative estimate of drug-likeness (QED) is 0.425. The molecule has 0 radical (unpaired) electrons. The molecule has 0 saturated heterocycles. The zero-order valence-corrected chi connectivity index (χ0v) is 5.59. The predicted octanol–water partition coefficient (Wildman–Crippen LogP) is 2.19. The lowest BCUT2D eigenvalue weighted by Crippen LogP contribution is -1.77. The van der Waals surface area contributed by atoms with Gasteiger partial charge in [0, 0.05) is 0 Å². The Morgan fingerprint density at radius 1 is 1.62 bits per heavy atom. The van der Waals surface area contributed by atoms with E-state index >= 15 is 0 Å². The van der Waals surface area contributed by atoms with Gasteiger partial charge >= 0.3 is 0 Å². The standard InChI is InChI=1S/C5H12.HNO2/c1-4-5(2)3;2-1-3/h5H,4H2,1-3H3;(H,2,3). The Morgan fingerprint density at radius 3 is 1.75 bits per heavy atom. The van der Waals surface area contributed by atoms with E-state index in [0.717, 1.165) is 5.92 Å². The highest BCUT2D eigenvalue weighted by Crippen LogP contribution is 1.93. The lowest BCUT2D eigenvalue weighted by Gasteiger charge is -1.90. The Morgan fingerprint density at radius 2 is 1.75 bits per heavy atom. The van der Waals surface area contributed by atoms with Crippen molar-refractivity contribution < 1.29 is 5.21 Å². The molecule has 8 heavy (non-hydrogen) atoms. The summed E-state index contributed by atoms with van der Waals surface area (Å²) in [5.74, 6) is 0.884. The van der Waals surface area contributed by atoms with Crippen LogP contribution in [0.2, 0.25) is 0 Å². The maximum absolute atomic E-state index is 8.11. The summed E-state index contributed by atoms with van der Waals surface area (Å²) in [6, 6.07) is 0. The number of hydrogen-bond acceptors (Lipinski definition) is 2. The smallest absolute Gasteiger partial charge is 0.152 e. The van der Waals surface area contributed by atoms with E-state index in [2.05, 4.69) is 20.8 Å². The van der Waals surface area contributed by atoms with Gasteiger partial charge in [0.05, 0.1) is 0 Å². The third-order valence-corrected chi connectivity index (χ3v) is 0.816. The Hall–Kier alpha value is -0.600. The van der Waals surface area contributed by atoms with Crippen molar-refractivity contribution in [3.05, 3.63) is 4.91 Å². The molecule has 0 aliphatic rings. The lowest BCUT2D eigenvalue weighted by molar-refractivity contribution is 0.312. The topological polar surface area (TPSA) is 49.7 Å². The second-order valence-corrected chi connectivity index (χ2v) is 1.88. The van der Waals surface area contributed by atoms with E-state index in [1.807, 2.05) is 0 Å². The normalized spacial score (nSPS) is 7.50. The molecule has 0 aromatic rings. The summed E-state index contributed by atoms with van der Waals surface area (Å²) in [5.41, 5.74) is 0. The molecular weight excluding hydrogens is 106 g/mol. The monoisotopic (exact) mass is 119 g/mol. The summed E-state index contributed by atoms with van der Waals surface area (Å²) >= 11 is 0. The lowest BCUT2D eigenvalue weighted by atomic mass is 10.2. The molecule has 1 N–H and O–H groups in total. The van der Waals surface area contributed by atoms with Crippen LogP contribution in [0.3, 0.4) is 0 Å².